The molecule has 1 rings (SSSR count). The van der Waals surface area contributed by atoms with Crippen LogP contribution in [0.3, 0.4) is 0 Å². The van der Waals surface area contributed by atoms with E-state index in [-0.39, 0.29) is 0 Å². The van der Waals surface area contributed by atoms with Gasteiger partial charge in [0, 0.05) is 0 Å². The second-order valence-corrected chi connectivity index (χ2v) is 7.58. The first-order valence-electron chi connectivity index (χ1n) is 4.48. The van der Waals surface area contributed by atoms with Crippen LogP contribution in [0.15, 0.2) is 36.4 Å². The standard InChI is InChI=1S/C11H15FSi/c1-13(2,12)10-6-9-11-7-4-3-5-8-11/h3-9H,10H2,1-2H3/b9-6+. The van der Waals surface area contributed by atoms with E-state index >= 15 is 0 Å². The van der Waals surface area contributed by atoms with Gasteiger partial charge in [-0.05, 0) is 24.7 Å². The summed E-state index contributed by atoms with van der Waals surface area (Å²) in [4.78, 5) is 0. The number of rotatable bonds is 3. The van der Waals surface area contributed by atoms with Gasteiger partial charge in [0.1, 0.15) is 0 Å². The highest BCUT2D eigenvalue weighted by molar-refractivity contribution is 6.70. The number of hydrogen-bond acceptors (Lipinski definition) is 0. The summed E-state index contributed by atoms with van der Waals surface area (Å²) in [5.74, 6) is 0. The Bertz CT molecular complexity index is 272. The van der Waals surface area contributed by atoms with Crippen molar-refractivity contribution in [1.82, 2.24) is 0 Å². The van der Waals surface area contributed by atoms with Gasteiger partial charge in [0.15, 0.2) is 0 Å². The van der Waals surface area contributed by atoms with Crippen molar-refractivity contribution in [3.63, 3.8) is 0 Å². The Labute approximate surface area is 80.3 Å². The fraction of sp³-hybridized carbons (Fsp3) is 0.273. The topological polar surface area (TPSA) is 0 Å². The minimum absolute atomic E-state index is 0.599. The lowest BCUT2D eigenvalue weighted by Gasteiger charge is -2.05. The largest absolute Gasteiger partial charge is 0.314 e. The Morgan fingerprint density at radius 2 is 1.85 bits per heavy atom. The zero-order chi connectivity index (χ0) is 9.73. The summed E-state index contributed by atoms with van der Waals surface area (Å²) in [5, 5.41) is 0. The SMILES string of the molecule is C[Si](C)(F)C/C=C/c1ccccc1. The molecule has 70 valence electrons. The van der Waals surface area contributed by atoms with Gasteiger partial charge in [0.25, 0.3) is 0 Å². The first-order valence-corrected chi connectivity index (χ1v) is 7.57. The maximum atomic E-state index is 13.2. The molecule has 2 heteroatoms. The molecule has 0 radical (unpaired) electrons. The van der Waals surface area contributed by atoms with Crippen LogP contribution in [0.25, 0.3) is 6.08 Å². The summed E-state index contributed by atoms with van der Waals surface area (Å²) in [6, 6.07) is 10.6. The highest BCUT2D eigenvalue weighted by atomic mass is 28.4. The predicted molar refractivity (Wildman–Crippen MR) is 58.9 cm³/mol. The fourth-order valence-electron chi connectivity index (χ4n) is 1.04. The quantitative estimate of drug-likeness (QED) is 0.506. The molecule has 0 fully saturated rings. The summed E-state index contributed by atoms with van der Waals surface area (Å²) < 4.78 is 13.2. The van der Waals surface area contributed by atoms with Gasteiger partial charge in [-0.1, -0.05) is 42.5 Å². The molecule has 0 aliphatic rings. The van der Waals surface area contributed by atoms with E-state index in [0.29, 0.717) is 6.04 Å². The van der Waals surface area contributed by atoms with Crippen molar-refractivity contribution in [2.75, 3.05) is 0 Å². The maximum Gasteiger partial charge on any atom is 0.244 e. The first-order chi connectivity index (χ1) is 6.08. The monoisotopic (exact) mass is 194 g/mol. The molecular weight excluding hydrogens is 179 g/mol. The van der Waals surface area contributed by atoms with Crippen molar-refractivity contribution in [1.29, 1.82) is 0 Å². The number of allylic oxidation sites excluding steroid dienone is 1. The van der Waals surface area contributed by atoms with Gasteiger partial charge in [-0.25, -0.2) is 0 Å². The molecule has 0 spiro atoms. The van der Waals surface area contributed by atoms with E-state index in [4.69, 9.17) is 0 Å². The van der Waals surface area contributed by atoms with Crippen LogP contribution in [0.1, 0.15) is 5.56 Å². The van der Waals surface area contributed by atoms with Crippen molar-refractivity contribution < 1.29 is 4.11 Å². The van der Waals surface area contributed by atoms with Crippen LogP contribution in [0.5, 0.6) is 0 Å². The van der Waals surface area contributed by atoms with Gasteiger partial charge in [0.05, 0.1) is 0 Å². The molecule has 0 aliphatic carbocycles. The molecule has 0 nitrogen and oxygen atoms in total. The molecule has 0 aromatic heterocycles. The molecule has 0 bridgehead atoms. The zero-order valence-electron chi connectivity index (χ0n) is 8.13. The van der Waals surface area contributed by atoms with Crippen LogP contribution in [0.4, 0.5) is 4.11 Å². The summed E-state index contributed by atoms with van der Waals surface area (Å²) >= 11 is 0. The minimum atomic E-state index is -2.40. The van der Waals surface area contributed by atoms with Crippen LogP contribution >= 0.6 is 0 Å². The Hall–Kier alpha value is -0.893. The fourth-order valence-corrected chi connectivity index (χ4v) is 1.72. The Kier molecular flexibility index (Phi) is 3.43. The van der Waals surface area contributed by atoms with Gasteiger partial charge in [0.2, 0.25) is 8.41 Å². The van der Waals surface area contributed by atoms with E-state index in [0.717, 1.165) is 5.56 Å². The molecule has 0 N–H and O–H groups in total. The van der Waals surface area contributed by atoms with E-state index in [1.54, 1.807) is 13.1 Å². The van der Waals surface area contributed by atoms with Crippen molar-refractivity contribution in [3.05, 3.63) is 42.0 Å². The normalized spacial score (nSPS) is 12.2. The third-order valence-electron chi connectivity index (χ3n) is 1.71. The summed E-state index contributed by atoms with van der Waals surface area (Å²) in [6.45, 7) is 3.45. The highest BCUT2D eigenvalue weighted by Crippen LogP contribution is 2.12. The number of halogens is 1. The minimum Gasteiger partial charge on any atom is -0.314 e. The van der Waals surface area contributed by atoms with Crippen LogP contribution in [-0.2, 0) is 0 Å². The van der Waals surface area contributed by atoms with Gasteiger partial charge in [-0.3, -0.25) is 0 Å². The van der Waals surface area contributed by atoms with Crippen molar-refractivity contribution in [2.45, 2.75) is 19.1 Å². The second kappa shape index (κ2) is 4.37. The van der Waals surface area contributed by atoms with Crippen molar-refractivity contribution >= 4 is 14.5 Å². The van der Waals surface area contributed by atoms with Crippen LogP contribution in [0, 0.1) is 0 Å². The lowest BCUT2D eigenvalue weighted by atomic mass is 10.2. The van der Waals surface area contributed by atoms with Crippen LogP contribution < -0.4 is 0 Å². The van der Waals surface area contributed by atoms with Gasteiger partial charge in [-0.2, -0.15) is 0 Å². The molecule has 0 aliphatic heterocycles. The number of hydrogen-bond donors (Lipinski definition) is 0. The molecule has 0 heterocycles. The summed E-state index contributed by atoms with van der Waals surface area (Å²) in [6.07, 6.45) is 3.91. The van der Waals surface area contributed by atoms with Crippen molar-refractivity contribution in [2.24, 2.45) is 0 Å². The second-order valence-electron chi connectivity index (χ2n) is 3.74. The summed E-state index contributed by atoms with van der Waals surface area (Å²) in [5.41, 5.74) is 1.14. The van der Waals surface area contributed by atoms with E-state index in [1.807, 2.05) is 42.5 Å². The lowest BCUT2D eigenvalue weighted by molar-refractivity contribution is 0.800. The smallest absolute Gasteiger partial charge is 0.244 e. The molecule has 13 heavy (non-hydrogen) atoms. The highest BCUT2D eigenvalue weighted by Gasteiger charge is 2.16. The third-order valence-corrected chi connectivity index (χ3v) is 2.92. The first kappa shape index (κ1) is 10.2. The molecular formula is C11H15FSi. The molecule has 0 atom stereocenters. The van der Waals surface area contributed by atoms with E-state index in [1.165, 1.54) is 0 Å². The van der Waals surface area contributed by atoms with Gasteiger partial charge < -0.3 is 4.11 Å². The maximum absolute atomic E-state index is 13.2. The van der Waals surface area contributed by atoms with E-state index in [9.17, 15) is 4.11 Å². The third kappa shape index (κ3) is 4.63. The molecule has 1 aromatic carbocycles. The lowest BCUT2D eigenvalue weighted by Crippen LogP contribution is -2.15. The van der Waals surface area contributed by atoms with Crippen molar-refractivity contribution in [3.8, 4) is 0 Å². The van der Waals surface area contributed by atoms with Gasteiger partial charge in [-0.15, -0.1) is 0 Å². The number of benzene rings is 1. The molecule has 1 aromatic rings. The Balaban J connectivity index is 2.51. The zero-order valence-corrected chi connectivity index (χ0v) is 9.13. The van der Waals surface area contributed by atoms with Crippen LogP contribution in [0.2, 0.25) is 19.1 Å². The average molecular weight is 194 g/mol. The Morgan fingerprint density at radius 1 is 1.23 bits per heavy atom. The van der Waals surface area contributed by atoms with Gasteiger partial charge >= 0.3 is 0 Å². The Morgan fingerprint density at radius 3 is 2.38 bits per heavy atom. The molecule has 0 saturated heterocycles. The van der Waals surface area contributed by atoms with E-state index < -0.39 is 8.41 Å². The average Bonchev–Trinajstić information content (AvgIpc) is 2.04. The van der Waals surface area contributed by atoms with Crippen LogP contribution in [-0.4, -0.2) is 8.41 Å². The molecule has 0 saturated carbocycles. The molecule has 0 unspecified atom stereocenters. The van der Waals surface area contributed by atoms with E-state index in [2.05, 4.69) is 0 Å². The summed E-state index contributed by atoms with van der Waals surface area (Å²) in [7, 11) is -2.40. The molecule has 0 amide bonds. The predicted octanol–water partition coefficient (Wildman–Crippen LogP) is 3.87.